The van der Waals surface area contributed by atoms with Crippen LogP contribution in [0.5, 0.6) is 0 Å². The maximum Gasteiger partial charge on any atom is 0.163 e. The Kier molecular flexibility index (Phi) is 5.47. The minimum atomic E-state index is 0.663. The highest BCUT2D eigenvalue weighted by Gasteiger charge is 2.09. The van der Waals surface area contributed by atoms with Gasteiger partial charge in [-0.05, 0) is 43.2 Å². The average molecular weight is 381 g/mol. The number of nitrogens with zero attached hydrogens (tertiary/aromatic N) is 3. The molecule has 5 nitrogen and oxygen atoms in total. The first kappa shape index (κ1) is 18.6. The van der Waals surface area contributed by atoms with Crippen LogP contribution in [0.2, 0.25) is 0 Å². The van der Waals surface area contributed by atoms with Crippen LogP contribution >= 0.6 is 0 Å². The smallest absolute Gasteiger partial charge is 0.163 e. The summed E-state index contributed by atoms with van der Waals surface area (Å²) in [6, 6.07) is 22.3. The summed E-state index contributed by atoms with van der Waals surface area (Å²) in [6.45, 7) is 4.85. The zero-order valence-corrected chi connectivity index (χ0v) is 16.6. The second kappa shape index (κ2) is 8.52. The Morgan fingerprint density at radius 3 is 2.31 bits per heavy atom. The molecule has 2 N–H and O–H groups in total. The zero-order valence-electron chi connectivity index (χ0n) is 16.6. The van der Waals surface area contributed by atoms with Crippen LogP contribution in [0.15, 0.2) is 79.1 Å². The second-order valence-corrected chi connectivity index (χ2v) is 6.98. The van der Waals surface area contributed by atoms with Gasteiger partial charge in [0.15, 0.2) is 5.82 Å². The number of hydrogen-bond donors (Lipinski definition) is 2. The lowest BCUT2D eigenvalue weighted by atomic mass is 10.1. The minimum absolute atomic E-state index is 0.663. The zero-order chi connectivity index (χ0) is 20.1. The molecule has 0 atom stereocenters. The number of aromatic nitrogens is 3. The SMILES string of the molecule is Cc1ccc(Nc2cc(NCc3ccncc3)nc(-c3ccccc3)n2)c(C)c1. The molecular weight excluding hydrogens is 358 g/mol. The number of pyridine rings is 1. The predicted molar refractivity (Wildman–Crippen MR) is 118 cm³/mol. The Balaban J connectivity index is 1.66. The molecule has 0 amide bonds. The fourth-order valence-electron chi connectivity index (χ4n) is 3.10. The topological polar surface area (TPSA) is 62.7 Å². The van der Waals surface area contributed by atoms with E-state index in [9.17, 15) is 0 Å². The van der Waals surface area contributed by atoms with Crippen molar-refractivity contribution in [1.82, 2.24) is 15.0 Å². The molecule has 0 aliphatic heterocycles. The van der Waals surface area contributed by atoms with Gasteiger partial charge in [0.05, 0.1) is 0 Å². The molecule has 0 radical (unpaired) electrons. The van der Waals surface area contributed by atoms with Crippen molar-refractivity contribution in [2.45, 2.75) is 20.4 Å². The van der Waals surface area contributed by atoms with Gasteiger partial charge in [-0.3, -0.25) is 4.98 Å². The first-order valence-electron chi connectivity index (χ1n) is 9.59. The highest BCUT2D eigenvalue weighted by Crippen LogP contribution is 2.25. The summed E-state index contributed by atoms with van der Waals surface area (Å²) in [5, 5.41) is 6.85. The number of anilines is 3. The molecule has 0 saturated heterocycles. The molecule has 0 bridgehead atoms. The quantitative estimate of drug-likeness (QED) is 0.461. The van der Waals surface area contributed by atoms with Crippen LogP contribution in [0.1, 0.15) is 16.7 Å². The molecule has 144 valence electrons. The second-order valence-electron chi connectivity index (χ2n) is 6.98. The van der Waals surface area contributed by atoms with E-state index < -0.39 is 0 Å². The first-order chi connectivity index (χ1) is 14.2. The number of nitrogens with one attached hydrogen (secondary N) is 2. The van der Waals surface area contributed by atoms with Crippen LogP contribution in [0.3, 0.4) is 0 Å². The van der Waals surface area contributed by atoms with E-state index in [2.05, 4.69) is 47.7 Å². The maximum atomic E-state index is 4.75. The van der Waals surface area contributed by atoms with Crippen molar-refractivity contribution in [2.24, 2.45) is 0 Å². The van der Waals surface area contributed by atoms with Gasteiger partial charge in [-0.2, -0.15) is 0 Å². The van der Waals surface area contributed by atoms with Crippen molar-refractivity contribution in [3.63, 3.8) is 0 Å². The molecule has 4 rings (SSSR count). The Bertz CT molecular complexity index is 1090. The molecule has 4 aromatic rings. The Labute approximate surface area is 170 Å². The largest absolute Gasteiger partial charge is 0.366 e. The molecule has 0 aliphatic rings. The number of hydrogen-bond acceptors (Lipinski definition) is 5. The van der Waals surface area contributed by atoms with E-state index in [0.29, 0.717) is 12.4 Å². The van der Waals surface area contributed by atoms with Crippen molar-refractivity contribution in [3.8, 4) is 11.4 Å². The van der Waals surface area contributed by atoms with E-state index in [-0.39, 0.29) is 0 Å². The van der Waals surface area contributed by atoms with Crippen molar-refractivity contribution < 1.29 is 0 Å². The van der Waals surface area contributed by atoms with Crippen molar-refractivity contribution in [2.75, 3.05) is 10.6 Å². The van der Waals surface area contributed by atoms with Crippen molar-refractivity contribution in [1.29, 1.82) is 0 Å². The lowest BCUT2D eigenvalue weighted by Gasteiger charge is -2.13. The van der Waals surface area contributed by atoms with E-state index >= 15 is 0 Å². The van der Waals surface area contributed by atoms with Gasteiger partial charge < -0.3 is 10.6 Å². The van der Waals surface area contributed by atoms with Gasteiger partial charge >= 0.3 is 0 Å². The van der Waals surface area contributed by atoms with E-state index in [1.54, 1.807) is 12.4 Å². The third-order valence-corrected chi connectivity index (χ3v) is 4.63. The van der Waals surface area contributed by atoms with Crippen LogP contribution in [-0.4, -0.2) is 15.0 Å². The van der Waals surface area contributed by atoms with Crippen LogP contribution in [0, 0.1) is 13.8 Å². The fourth-order valence-corrected chi connectivity index (χ4v) is 3.10. The third-order valence-electron chi connectivity index (χ3n) is 4.63. The molecule has 0 unspecified atom stereocenters. The standard InChI is InChI=1S/C24H23N5/c1-17-8-9-21(18(2)14-17)27-23-15-22(26-16-19-10-12-25-13-11-19)28-24(29-23)20-6-4-3-5-7-20/h3-15H,16H2,1-2H3,(H2,26,27,28,29). The van der Waals surface area contributed by atoms with Crippen LogP contribution in [0.25, 0.3) is 11.4 Å². The van der Waals surface area contributed by atoms with Gasteiger partial charge in [-0.15, -0.1) is 0 Å². The molecule has 5 heteroatoms. The monoisotopic (exact) mass is 381 g/mol. The van der Waals surface area contributed by atoms with Gasteiger partial charge in [0.25, 0.3) is 0 Å². The first-order valence-corrected chi connectivity index (χ1v) is 9.59. The Morgan fingerprint density at radius 2 is 1.55 bits per heavy atom. The van der Waals surface area contributed by atoms with E-state index in [1.807, 2.05) is 48.5 Å². The molecule has 2 heterocycles. The summed E-state index contributed by atoms with van der Waals surface area (Å²) in [5.74, 6) is 2.20. The third kappa shape index (κ3) is 4.76. The average Bonchev–Trinajstić information content (AvgIpc) is 2.75. The molecule has 0 spiro atoms. The summed E-state index contributed by atoms with van der Waals surface area (Å²) >= 11 is 0. The molecule has 2 aromatic carbocycles. The van der Waals surface area contributed by atoms with E-state index in [4.69, 9.17) is 9.97 Å². The summed E-state index contributed by atoms with van der Waals surface area (Å²) in [4.78, 5) is 13.5. The van der Waals surface area contributed by atoms with Crippen LogP contribution < -0.4 is 10.6 Å². The van der Waals surface area contributed by atoms with E-state index in [0.717, 1.165) is 28.5 Å². The Hall–Kier alpha value is -3.73. The van der Waals surface area contributed by atoms with Gasteiger partial charge in [0.1, 0.15) is 11.6 Å². The van der Waals surface area contributed by atoms with Gasteiger partial charge in [-0.1, -0.05) is 48.0 Å². The molecule has 0 saturated carbocycles. The molecular formula is C24H23N5. The number of aryl methyl sites for hydroxylation is 2. The molecule has 2 aromatic heterocycles. The van der Waals surface area contributed by atoms with Crippen molar-refractivity contribution in [3.05, 3.63) is 95.8 Å². The molecule has 0 aliphatic carbocycles. The van der Waals surface area contributed by atoms with Crippen LogP contribution in [0.4, 0.5) is 17.3 Å². The van der Waals surface area contributed by atoms with E-state index in [1.165, 1.54) is 11.1 Å². The molecule has 0 fully saturated rings. The number of benzene rings is 2. The Morgan fingerprint density at radius 1 is 0.793 bits per heavy atom. The lowest BCUT2D eigenvalue weighted by Crippen LogP contribution is -2.05. The van der Waals surface area contributed by atoms with Gasteiger partial charge in [-0.25, -0.2) is 9.97 Å². The number of rotatable bonds is 6. The van der Waals surface area contributed by atoms with Crippen LogP contribution in [-0.2, 0) is 6.54 Å². The minimum Gasteiger partial charge on any atom is -0.366 e. The lowest BCUT2D eigenvalue weighted by molar-refractivity contribution is 1.08. The van der Waals surface area contributed by atoms with Crippen molar-refractivity contribution >= 4 is 17.3 Å². The highest BCUT2D eigenvalue weighted by atomic mass is 15.1. The van der Waals surface area contributed by atoms with Gasteiger partial charge in [0, 0.05) is 36.3 Å². The fraction of sp³-hybridized carbons (Fsp3) is 0.125. The summed E-state index contributed by atoms with van der Waals surface area (Å²) < 4.78 is 0. The summed E-state index contributed by atoms with van der Waals surface area (Å²) in [5.41, 5.74) is 5.57. The maximum absolute atomic E-state index is 4.75. The van der Waals surface area contributed by atoms with Gasteiger partial charge in [0.2, 0.25) is 0 Å². The summed E-state index contributed by atoms with van der Waals surface area (Å²) in [7, 11) is 0. The summed E-state index contributed by atoms with van der Waals surface area (Å²) in [6.07, 6.45) is 3.58. The predicted octanol–water partition coefficient (Wildman–Crippen LogP) is 5.51. The highest BCUT2D eigenvalue weighted by molar-refractivity contribution is 5.67. The molecule has 29 heavy (non-hydrogen) atoms. The normalized spacial score (nSPS) is 10.6.